The van der Waals surface area contributed by atoms with Crippen LogP contribution in [-0.2, 0) is 17.8 Å². The predicted molar refractivity (Wildman–Crippen MR) is 97.2 cm³/mol. The Morgan fingerprint density at radius 2 is 1.96 bits per heavy atom. The number of carbonyl (C=O) groups is 1. The molecule has 0 bridgehead atoms. The second-order valence-electron chi connectivity index (χ2n) is 5.79. The van der Waals surface area contributed by atoms with Crippen LogP contribution in [0.15, 0.2) is 47.1 Å². The van der Waals surface area contributed by atoms with Crippen molar-refractivity contribution in [1.82, 2.24) is 14.9 Å². The third kappa shape index (κ3) is 5.91. The highest BCUT2D eigenvalue weighted by molar-refractivity contribution is 5.49. The summed E-state index contributed by atoms with van der Waals surface area (Å²) in [5, 5.41) is 7.96. The number of carbonyl (C=O) groups excluding carboxylic acids is 1. The van der Waals surface area contributed by atoms with E-state index >= 15 is 0 Å². The molecule has 6 nitrogen and oxygen atoms in total. The average Bonchev–Trinajstić information content (AvgIpc) is 3.17. The Morgan fingerprint density at radius 1 is 1.20 bits per heavy atom. The molecule has 2 heterocycles. The van der Waals surface area contributed by atoms with Crippen LogP contribution in [0.2, 0.25) is 0 Å². The number of nitrogens with zero attached hydrogens (tertiary/aromatic N) is 3. The van der Waals surface area contributed by atoms with E-state index in [1.807, 2.05) is 38.2 Å². The highest BCUT2D eigenvalue weighted by atomic mass is 16.5. The molecule has 2 N–H and O–H groups in total. The molecule has 3 aromatic rings. The third-order valence-electron chi connectivity index (χ3n) is 3.79. The summed E-state index contributed by atoms with van der Waals surface area (Å²) < 4.78 is 6.82. The number of nitrogens with two attached hydrogens (primary N) is 1. The van der Waals surface area contributed by atoms with Gasteiger partial charge in [0, 0.05) is 18.2 Å². The topological polar surface area (TPSA) is 86.9 Å². The number of benzene rings is 1. The quantitative estimate of drug-likeness (QED) is 0.549. The summed E-state index contributed by atoms with van der Waals surface area (Å²) in [5.74, 6) is 1.35. The molecule has 0 amide bonds. The maximum Gasteiger partial charge on any atom is 0.145 e. The fraction of sp³-hybridized carbons (Fsp3) is 0.316. The van der Waals surface area contributed by atoms with Crippen LogP contribution in [0.25, 0.3) is 0 Å². The third-order valence-corrected chi connectivity index (χ3v) is 3.79. The van der Waals surface area contributed by atoms with Crippen LogP contribution < -0.4 is 5.73 Å². The van der Waals surface area contributed by atoms with Gasteiger partial charge >= 0.3 is 0 Å². The number of hydrogen-bond donors (Lipinski definition) is 1. The predicted octanol–water partition coefficient (Wildman–Crippen LogP) is 3.33. The van der Waals surface area contributed by atoms with E-state index in [0.29, 0.717) is 18.8 Å². The maximum atomic E-state index is 10.00. The van der Waals surface area contributed by atoms with Crippen molar-refractivity contribution in [3.05, 3.63) is 65.2 Å². The van der Waals surface area contributed by atoms with E-state index in [2.05, 4.69) is 22.4 Å². The number of aldehydes is 1. The summed E-state index contributed by atoms with van der Waals surface area (Å²) in [6, 6.07) is 12.0. The lowest BCUT2D eigenvalue weighted by Gasteiger charge is -1.99. The van der Waals surface area contributed by atoms with E-state index in [1.54, 1.807) is 10.7 Å². The average molecular weight is 340 g/mol. The summed E-state index contributed by atoms with van der Waals surface area (Å²) >= 11 is 0. The van der Waals surface area contributed by atoms with Crippen LogP contribution in [-0.4, -0.2) is 21.2 Å². The molecule has 2 aromatic heterocycles. The number of hydrogen-bond acceptors (Lipinski definition) is 5. The van der Waals surface area contributed by atoms with Gasteiger partial charge in [-0.2, -0.15) is 5.10 Å². The monoisotopic (exact) mass is 340 g/mol. The summed E-state index contributed by atoms with van der Waals surface area (Å²) in [5.41, 5.74) is 8.79. The molecule has 3 rings (SSSR count). The van der Waals surface area contributed by atoms with Gasteiger partial charge < -0.3 is 15.1 Å². The molecule has 0 aliphatic heterocycles. The van der Waals surface area contributed by atoms with Gasteiger partial charge in [-0.25, -0.2) is 0 Å². The molecule has 6 heteroatoms. The van der Waals surface area contributed by atoms with E-state index in [-0.39, 0.29) is 0 Å². The molecule has 25 heavy (non-hydrogen) atoms. The van der Waals surface area contributed by atoms with Gasteiger partial charge in [-0.15, -0.1) is 0 Å². The Bertz CT molecular complexity index is 758. The smallest absolute Gasteiger partial charge is 0.145 e. The van der Waals surface area contributed by atoms with Gasteiger partial charge in [0.15, 0.2) is 0 Å². The SMILES string of the molecule is Cc1noc(C)c1Cn1ccc(N)n1.O=CCCCc1ccccc1. The van der Waals surface area contributed by atoms with Gasteiger partial charge in [0.2, 0.25) is 0 Å². The maximum absolute atomic E-state index is 10.00. The second-order valence-corrected chi connectivity index (χ2v) is 5.79. The molecule has 0 spiro atoms. The van der Waals surface area contributed by atoms with E-state index in [9.17, 15) is 4.79 Å². The van der Waals surface area contributed by atoms with Crippen molar-refractivity contribution in [2.45, 2.75) is 39.7 Å². The lowest BCUT2D eigenvalue weighted by atomic mass is 10.1. The largest absolute Gasteiger partial charge is 0.382 e. The van der Waals surface area contributed by atoms with Gasteiger partial charge in [-0.3, -0.25) is 4.68 Å². The molecular formula is C19H24N4O2. The van der Waals surface area contributed by atoms with Crippen molar-refractivity contribution in [3.63, 3.8) is 0 Å². The van der Waals surface area contributed by atoms with Crippen molar-refractivity contribution in [2.75, 3.05) is 5.73 Å². The Kier molecular flexibility index (Phi) is 6.95. The number of nitrogen functional groups attached to an aromatic ring is 1. The number of rotatable bonds is 6. The van der Waals surface area contributed by atoms with Crippen molar-refractivity contribution in [2.24, 2.45) is 0 Å². The van der Waals surface area contributed by atoms with Gasteiger partial charge in [0.1, 0.15) is 17.9 Å². The summed E-state index contributed by atoms with van der Waals surface area (Å²) in [7, 11) is 0. The highest BCUT2D eigenvalue weighted by Crippen LogP contribution is 2.13. The van der Waals surface area contributed by atoms with Gasteiger partial charge in [-0.05, 0) is 38.3 Å². The molecule has 0 aliphatic rings. The summed E-state index contributed by atoms with van der Waals surface area (Å²) in [6.07, 6.45) is 5.46. The van der Waals surface area contributed by atoms with E-state index in [4.69, 9.17) is 10.3 Å². The first-order valence-corrected chi connectivity index (χ1v) is 8.28. The van der Waals surface area contributed by atoms with E-state index in [1.165, 1.54) is 5.56 Å². The minimum Gasteiger partial charge on any atom is -0.382 e. The normalized spacial score (nSPS) is 10.2. The van der Waals surface area contributed by atoms with Crippen LogP contribution in [0.1, 0.15) is 35.4 Å². The van der Waals surface area contributed by atoms with E-state index < -0.39 is 0 Å². The van der Waals surface area contributed by atoms with Crippen molar-refractivity contribution >= 4 is 12.1 Å². The minimum absolute atomic E-state index is 0.525. The molecule has 0 atom stereocenters. The van der Waals surface area contributed by atoms with Crippen LogP contribution in [0.4, 0.5) is 5.82 Å². The number of anilines is 1. The minimum atomic E-state index is 0.525. The standard InChI is InChI=1S/C10H12O.C9H12N4O/c11-9-5-4-8-10-6-2-1-3-7-10;1-6-8(7(2)14-12-6)5-13-4-3-9(10)11-13/h1-3,6-7,9H,4-5,8H2;3-4H,5H2,1-2H3,(H2,10,11). The fourth-order valence-corrected chi connectivity index (χ4v) is 2.39. The number of aromatic nitrogens is 3. The van der Waals surface area contributed by atoms with E-state index in [0.717, 1.165) is 36.1 Å². The fourth-order valence-electron chi connectivity index (χ4n) is 2.39. The first-order chi connectivity index (χ1) is 12.1. The molecule has 0 fully saturated rings. The lowest BCUT2D eigenvalue weighted by molar-refractivity contribution is -0.107. The Labute approximate surface area is 147 Å². The van der Waals surface area contributed by atoms with Crippen molar-refractivity contribution < 1.29 is 9.32 Å². The molecule has 0 saturated carbocycles. The molecular weight excluding hydrogens is 316 g/mol. The van der Waals surface area contributed by atoms with Gasteiger partial charge in [0.05, 0.1) is 12.2 Å². The summed E-state index contributed by atoms with van der Waals surface area (Å²) in [6.45, 7) is 4.46. The van der Waals surface area contributed by atoms with Gasteiger partial charge in [-0.1, -0.05) is 35.5 Å². The van der Waals surface area contributed by atoms with Crippen LogP contribution in [0.5, 0.6) is 0 Å². The van der Waals surface area contributed by atoms with Crippen LogP contribution in [0, 0.1) is 13.8 Å². The van der Waals surface area contributed by atoms with Crippen LogP contribution >= 0.6 is 0 Å². The van der Waals surface area contributed by atoms with Crippen molar-refractivity contribution in [1.29, 1.82) is 0 Å². The Hall–Kier alpha value is -2.89. The first-order valence-electron chi connectivity index (χ1n) is 8.28. The highest BCUT2D eigenvalue weighted by Gasteiger charge is 2.09. The zero-order valence-electron chi connectivity index (χ0n) is 14.7. The zero-order chi connectivity index (χ0) is 18.1. The Morgan fingerprint density at radius 3 is 2.52 bits per heavy atom. The molecule has 0 aliphatic carbocycles. The first kappa shape index (κ1) is 18.4. The Balaban J connectivity index is 0.000000186. The lowest BCUT2D eigenvalue weighted by Crippen LogP contribution is -2.02. The second kappa shape index (κ2) is 9.42. The molecule has 0 unspecified atom stereocenters. The molecule has 0 saturated heterocycles. The number of unbranched alkanes of at least 4 members (excludes halogenated alkanes) is 1. The molecule has 0 radical (unpaired) electrons. The summed E-state index contributed by atoms with van der Waals surface area (Å²) in [4.78, 5) is 10.00. The number of aryl methyl sites for hydroxylation is 3. The van der Waals surface area contributed by atoms with Crippen LogP contribution in [0.3, 0.4) is 0 Å². The molecule has 1 aromatic carbocycles. The van der Waals surface area contributed by atoms with Gasteiger partial charge in [0.25, 0.3) is 0 Å². The molecule has 132 valence electrons. The zero-order valence-corrected chi connectivity index (χ0v) is 14.7. The van der Waals surface area contributed by atoms with Crippen molar-refractivity contribution in [3.8, 4) is 0 Å².